The molecule has 7 heteroatoms. The second-order valence-corrected chi connectivity index (χ2v) is 8.81. The van der Waals surface area contributed by atoms with Crippen LogP contribution in [0.1, 0.15) is 42.4 Å². The quantitative estimate of drug-likeness (QED) is 0.471. The van der Waals surface area contributed by atoms with E-state index in [4.69, 9.17) is 10.00 Å². The number of aromatic nitrogens is 1. The highest BCUT2D eigenvalue weighted by Crippen LogP contribution is 2.29. The summed E-state index contributed by atoms with van der Waals surface area (Å²) in [5.74, 6) is 0.777. The van der Waals surface area contributed by atoms with Gasteiger partial charge in [-0.2, -0.15) is 5.26 Å². The number of pyridine rings is 1. The third-order valence-electron chi connectivity index (χ3n) is 6.34. The molecule has 1 fully saturated rings. The molecule has 2 aromatic carbocycles. The number of ether oxygens (including phenoxy) is 1. The van der Waals surface area contributed by atoms with Crippen molar-refractivity contribution in [1.82, 2.24) is 10.3 Å². The molecule has 1 heterocycles. The van der Waals surface area contributed by atoms with Gasteiger partial charge in [0.15, 0.2) is 0 Å². The fourth-order valence-corrected chi connectivity index (χ4v) is 4.50. The van der Waals surface area contributed by atoms with Crippen LogP contribution in [0, 0.1) is 11.3 Å². The van der Waals surface area contributed by atoms with Crippen LogP contribution in [0.15, 0.2) is 72.9 Å². The Morgan fingerprint density at radius 2 is 1.77 bits per heavy atom. The standard InChI is InChI=1S/C28H31N5O2/c1-35-20-22-7-12-25(13-8-22)33(28(34)31-18-21-5-3-2-4-6-21)26-14-10-24(11-15-26)32-27-16-9-23(17-29)19-30-27/h2-9,12-13,16,19,24,26H,10-11,14-15,18,20H2,1H3,(H,30,32)(H,31,34). The minimum atomic E-state index is -0.0847. The van der Waals surface area contributed by atoms with Gasteiger partial charge in [0.2, 0.25) is 0 Å². The van der Waals surface area contributed by atoms with Crippen LogP contribution in [0.25, 0.3) is 0 Å². The predicted octanol–water partition coefficient (Wildman–Crippen LogP) is 5.24. The van der Waals surface area contributed by atoms with Crippen LogP contribution in [0.5, 0.6) is 0 Å². The molecular weight excluding hydrogens is 438 g/mol. The van der Waals surface area contributed by atoms with Gasteiger partial charge in [0.25, 0.3) is 0 Å². The number of hydrogen-bond donors (Lipinski definition) is 2. The molecule has 2 amide bonds. The van der Waals surface area contributed by atoms with Crippen LogP contribution < -0.4 is 15.5 Å². The fraction of sp³-hybridized carbons (Fsp3) is 0.321. The number of rotatable bonds is 8. The van der Waals surface area contributed by atoms with Crippen molar-refractivity contribution in [3.05, 3.63) is 89.6 Å². The maximum atomic E-state index is 13.4. The van der Waals surface area contributed by atoms with Gasteiger partial charge in [0.05, 0.1) is 12.2 Å². The lowest BCUT2D eigenvalue weighted by Crippen LogP contribution is -2.48. The number of urea groups is 1. The summed E-state index contributed by atoms with van der Waals surface area (Å²) < 4.78 is 5.23. The summed E-state index contributed by atoms with van der Waals surface area (Å²) in [5, 5.41) is 15.5. The highest BCUT2D eigenvalue weighted by Gasteiger charge is 2.30. The van der Waals surface area contributed by atoms with Crippen molar-refractivity contribution in [2.24, 2.45) is 0 Å². The molecule has 3 aromatic rings. The summed E-state index contributed by atoms with van der Waals surface area (Å²) in [6.07, 6.45) is 5.20. The van der Waals surface area contributed by atoms with Crippen LogP contribution in [0.2, 0.25) is 0 Å². The maximum absolute atomic E-state index is 13.4. The largest absolute Gasteiger partial charge is 0.380 e. The van der Waals surface area contributed by atoms with Gasteiger partial charge in [-0.3, -0.25) is 4.90 Å². The van der Waals surface area contributed by atoms with Gasteiger partial charge in [-0.05, 0) is 61.1 Å². The van der Waals surface area contributed by atoms with Crippen molar-refractivity contribution < 1.29 is 9.53 Å². The Kier molecular flexibility index (Phi) is 8.31. The van der Waals surface area contributed by atoms with E-state index in [2.05, 4.69) is 21.7 Å². The molecule has 180 valence electrons. The molecule has 0 spiro atoms. The first-order valence-corrected chi connectivity index (χ1v) is 12.0. The third-order valence-corrected chi connectivity index (χ3v) is 6.34. The number of nitriles is 1. The van der Waals surface area contributed by atoms with E-state index in [1.54, 1.807) is 19.4 Å². The van der Waals surface area contributed by atoms with Gasteiger partial charge in [0, 0.05) is 37.6 Å². The molecule has 1 aromatic heterocycles. The zero-order chi connectivity index (χ0) is 24.5. The number of carbonyl (C=O) groups is 1. The average Bonchev–Trinajstić information content (AvgIpc) is 2.91. The first-order valence-electron chi connectivity index (χ1n) is 12.0. The van der Waals surface area contributed by atoms with E-state index in [9.17, 15) is 4.79 Å². The molecule has 7 nitrogen and oxygen atoms in total. The minimum absolute atomic E-state index is 0.0847. The third kappa shape index (κ3) is 6.58. The fourth-order valence-electron chi connectivity index (χ4n) is 4.50. The highest BCUT2D eigenvalue weighted by atomic mass is 16.5. The Morgan fingerprint density at radius 3 is 2.40 bits per heavy atom. The van der Waals surface area contributed by atoms with E-state index in [1.807, 2.05) is 65.6 Å². The van der Waals surface area contributed by atoms with Gasteiger partial charge in [-0.1, -0.05) is 42.5 Å². The van der Waals surface area contributed by atoms with Crippen molar-refractivity contribution >= 4 is 17.5 Å². The molecule has 1 saturated carbocycles. The summed E-state index contributed by atoms with van der Waals surface area (Å²) in [5.41, 5.74) is 3.58. The predicted molar refractivity (Wildman–Crippen MR) is 137 cm³/mol. The first kappa shape index (κ1) is 24.2. The van der Waals surface area contributed by atoms with E-state index < -0.39 is 0 Å². The molecule has 0 unspecified atom stereocenters. The Hall–Kier alpha value is -3.89. The summed E-state index contributed by atoms with van der Waals surface area (Å²) in [7, 11) is 1.68. The van der Waals surface area contributed by atoms with E-state index in [0.717, 1.165) is 48.3 Å². The molecule has 0 atom stereocenters. The zero-order valence-electron chi connectivity index (χ0n) is 20.0. The molecule has 1 aliphatic carbocycles. The Balaban J connectivity index is 1.43. The van der Waals surface area contributed by atoms with Gasteiger partial charge < -0.3 is 15.4 Å². The molecule has 0 aliphatic heterocycles. The number of amides is 2. The molecule has 4 rings (SSSR count). The van der Waals surface area contributed by atoms with Crippen LogP contribution >= 0.6 is 0 Å². The Morgan fingerprint density at radius 1 is 1.03 bits per heavy atom. The summed E-state index contributed by atoms with van der Waals surface area (Å²) in [6.45, 7) is 1.03. The summed E-state index contributed by atoms with van der Waals surface area (Å²) in [4.78, 5) is 19.6. The zero-order valence-corrected chi connectivity index (χ0v) is 20.0. The monoisotopic (exact) mass is 469 g/mol. The number of carbonyl (C=O) groups excluding carboxylic acids is 1. The number of methoxy groups -OCH3 is 1. The maximum Gasteiger partial charge on any atom is 0.322 e. The number of nitrogens with one attached hydrogen (secondary N) is 2. The second kappa shape index (κ2) is 12.0. The Bertz CT molecular complexity index is 1120. The molecule has 0 radical (unpaired) electrons. The smallest absolute Gasteiger partial charge is 0.322 e. The average molecular weight is 470 g/mol. The van der Waals surface area contributed by atoms with Crippen molar-refractivity contribution in [3.8, 4) is 6.07 Å². The van der Waals surface area contributed by atoms with Crippen LogP contribution in [0.3, 0.4) is 0 Å². The number of benzene rings is 2. The first-order chi connectivity index (χ1) is 17.2. The van der Waals surface area contributed by atoms with Gasteiger partial charge in [-0.25, -0.2) is 9.78 Å². The molecule has 1 aliphatic rings. The van der Waals surface area contributed by atoms with Gasteiger partial charge in [0.1, 0.15) is 11.9 Å². The highest BCUT2D eigenvalue weighted by molar-refractivity contribution is 5.92. The molecular formula is C28H31N5O2. The van der Waals surface area contributed by atoms with E-state index in [0.29, 0.717) is 18.7 Å². The van der Waals surface area contributed by atoms with Gasteiger partial charge >= 0.3 is 6.03 Å². The SMILES string of the molecule is COCc1ccc(N(C(=O)NCc2ccccc2)C2CCC(Nc3ccc(C#N)cn3)CC2)cc1. The normalized spacial score (nSPS) is 17.3. The van der Waals surface area contributed by atoms with Crippen molar-refractivity contribution in [1.29, 1.82) is 5.26 Å². The van der Waals surface area contributed by atoms with Crippen LogP contribution in [-0.2, 0) is 17.9 Å². The number of nitrogens with zero attached hydrogens (tertiary/aromatic N) is 3. The molecule has 0 saturated heterocycles. The lowest BCUT2D eigenvalue weighted by Gasteiger charge is -2.37. The second-order valence-electron chi connectivity index (χ2n) is 8.81. The van der Waals surface area contributed by atoms with E-state index in [-0.39, 0.29) is 18.1 Å². The van der Waals surface area contributed by atoms with E-state index in [1.165, 1.54) is 0 Å². The topological polar surface area (TPSA) is 90.3 Å². The minimum Gasteiger partial charge on any atom is -0.380 e. The van der Waals surface area contributed by atoms with Gasteiger partial charge in [-0.15, -0.1) is 0 Å². The lowest BCUT2D eigenvalue weighted by atomic mass is 9.89. The van der Waals surface area contributed by atoms with Crippen molar-refractivity contribution in [3.63, 3.8) is 0 Å². The molecule has 2 N–H and O–H groups in total. The van der Waals surface area contributed by atoms with E-state index >= 15 is 0 Å². The van der Waals surface area contributed by atoms with Crippen LogP contribution in [-0.4, -0.2) is 30.2 Å². The molecule has 35 heavy (non-hydrogen) atoms. The molecule has 0 bridgehead atoms. The van der Waals surface area contributed by atoms with Crippen LogP contribution in [0.4, 0.5) is 16.3 Å². The Labute approximate surface area is 206 Å². The summed E-state index contributed by atoms with van der Waals surface area (Å²) >= 11 is 0. The lowest BCUT2D eigenvalue weighted by molar-refractivity contribution is 0.185. The van der Waals surface area contributed by atoms with Crippen molar-refractivity contribution in [2.45, 2.75) is 50.9 Å². The summed E-state index contributed by atoms with van der Waals surface area (Å²) in [6, 6.07) is 24.0. The number of hydrogen-bond acceptors (Lipinski definition) is 5. The number of anilines is 2. The van der Waals surface area contributed by atoms with Crippen molar-refractivity contribution in [2.75, 3.05) is 17.3 Å².